The van der Waals surface area contributed by atoms with E-state index in [9.17, 15) is 18.0 Å². The number of alkyl carbamates (subject to hydrolysis) is 1. The van der Waals surface area contributed by atoms with E-state index >= 15 is 0 Å². The summed E-state index contributed by atoms with van der Waals surface area (Å²) in [5.74, 6) is -0.438. The van der Waals surface area contributed by atoms with E-state index in [1.54, 1.807) is 13.0 Å². The topological polar surface area (TPSA) is 97.2 Å². The Morgan fingerprint density at radius 1 is 1.23 bits per heavy atom. The van der Waals surface area contributed by atoms with Crippen molar-refractivity contribution in [2.24, 2.45) is 0 Å². The van der Waals surface area contributed by atoms with Crippen LogP contribution in [0, 0.1) is 0 Å². The number of benzene rings is 1. The van der Waals surface area contributed by atoms with E-state index < -0.39 is 28.1 Å². The summed E-state index contributed by atoms with van der Waals surface area (Å²) < 4.78 is 30.7. The third-order valence-electron chi connectivity index (χ3n) is 4.37. The van der Waals surface area contributed by atoms with Crippen molar-refractivity contribution in [2.45, 2.75) is 13.0 Å². The minimum Gasteiger partial charge on any atom is -0.453 e. The first-order valence-electron chi connectivity index (χ1n) is 8.30. The van der Waals surface area contributed by atoms with Crippen LogP contribution >= 0.6 is 0 Å². The lowest BCUT2D eigenvalue weighted by Gasteiger charge is -2.33. The van der Waals surface area contributed by atoms with E-state index in [0.29, 0.717) is 26.2 Å². The van der Waals surface area contributed by atoms with Crippen LogP contribution in [0.15, 0.2) is 35.7 Å². The third kappa shape index (κ3) is 5.38. The molecule has 2 rings (SSSR count). The van der Waals surface area contributed by atoms with Crippen LogP contribution < -0.4 is 10.2 Å². The van der Waals surface area contributed by atoms with E-state index in [1.807, 2.05) is 30.3 Å². The van der Waals surface area contributed by atoms with Gasteiger partial charge in [-0.2, -0.15) is 4.31 Å². The summed E-state index contributed by atoms with van der Waals surface area (Å²) in [7, 11) is -2.32. The van der Waals surface area contributed by atoms with Crippen LogP contribution in [0.25, 0.3) is 6.08 Å². The SMILES string of the molecule is COC(=O)NC(=O)[C@@H](C)[NH+]1CCN(S(=O)(=O)/C=C/c2ccccc2)CC1. The van der Waals surface area contributed by atoms with Crippen molar-refractivity contribution in [1.82, 2.24) is 9.62 Å². The lowest BCUT2D eigenvalue weighted by molar-refractivity contribution is -0.917. The van der Waals surface area contributed by atoms with E-state index in [1.165, 1.54) is 16.8 Å². The molecule has 26 heavy (non-hydrogen) atoms. The van der Waals surface area contributed by atoms with Crippen LogP contribution in [0.3, 0.4) is 0 Å². The molecule has 0 spiro atoms. The Labute approximate surface area is 153 Å². The van der Waals surface area contributed by atoms with Gasteiger partial charge in [0.25, 0.3) is 5.91 Å². The average molecular weight is 382 g/mol. The van der Waals surface area contributed by atoms with E-state index in [-0.39, 0.29) is 0 Å². The summed E-state index contributed by atoms with van der Waals surface area (Å²) in [6, 6.07) is 8.74. The number of methoxy groups -OCH3 is 1. The molecule has 0 aromatic heterocycles. The Balaban J connectivity index is 1.91. The largest absolute Gasteiger partial charge is 0.453 e. The molecule has 0 saturated carbocycles. The number of carbonyl (C=O) groups excluding carboxylic acids is 2. The van der Waals surface area contributed by atoms with Crippen molar-refractivity contribution in [2.75, 3.05) is 33.3 Å². The van der Waals surface area contributed by atoms with Gasteiger partial charge in [0.05, 0.1) is 33.3 Å². The predicted octanol–water partition coefficient (Wildman–Crippen LogP) is -0.541. The number of piperazine rings is 1. The molecule has 9 heteroatoms. The number of hydrogen-bond donors (Lipinski definition) is 2. The highest BCUT2D eigenvalue weighted by Crippen LogP contribution is 2.08. The average Bonchev–Trinajstić information content (AvgIpc) is 2.66. The van der Waals surface area contributed by atoms with Crippen LogP contribution in [0.1, 0.15) is 12.5 Å². The number of sulfonamides is 1. The summed E-state index contributed by atoms with van der Waals surface area (Å²) in [6.07, 6.45) is 0.773. The number of ether oxygens (including phenoxy) is 1. The number of amides is 2. The Kier molecular flexibility index (Phi) is 6.90. The van der Waals surface area contributed by atoms with Gasteiger partial charge in [-0.1, -0.05) is 30.3 Å². The van der Waals surface area contributed by atoms with Crippen LogP contribution in [0.4, 0.5) is 4.79 Å². The molecule has 1 fully saturated rings. The van der Waals surface area contributed by atoms with Gasteiger partial charge in [-0.25, -0.2) is 13.2 Å². The molecule has 2 amide bonds. The van der Waals surface area contributed by atoms with Crippen LogP contribution in [0.5, 0.6) is 0 Å². The van der Waals surface area contributed by atoms with Gasteiger partial charge < -0.3 is 9.64 Å². The second kappa shape index (κ2) is 8.93. The monoisotopic (exact) mass is 382 g/mol. The molecule has 1 aliphatic rings. The molecule has 2 N–H and O–H groups in total. The minimum atomic E-state index is -3.51. The highest BCUT2D eigenvalue weighted by molar-refractivity contribution is 7.92. The number of nitrogens with zero attached hydrogens (tertiary/aromatic N) is 1. The molecule has 1 aliphatic heterocycles. The smallest absolute Gasteiger partial charge is 0.413 e. The highest BCUT2D eigenvalue weighted by Gasteiger charge is 2.33. The fourth-order valence-corrected chi connectivity index (χ4v) is 3.91. The molecule has 0 unspecified atom stereocenters. The van der Waals surface area contributed by atoms with Crippen molar-refractivity contribution in [3.63, 3.8) is 0 Å². The standard InChI is InChI=1S/C17H23N3O5S/c1-14(16(21)18-17(22)25-2)19-9-11-20(12-10-19)26(23,24)13-8-15-6-4-3-5-7-15/h3-8,13-14H,9-12H2,1-2H3,(H,18,21,22)/p+1/b13-8+/t14-/m1/s1. The molecule has 8 nitrogen and oxygen atoms in total. The number of quaternary nitrogens is 1. The maximum Gasteiger partial charge on any atom is 0.413 e. The molecule has 0 aliphatic carbocycles. The molecule has 0 bridgehead atoms. The van der Waals surface area contributed by atoms with Crippen molar-refractivity contribution in [3.8, 4) is 0 Å². The van der Waals surface area contributed by atoms with Gasteiger partial charge in [-0.15, -0.1) is 0 Å². The normalized spacial score (nSPS) is 17.8. The number of nitrogens with one attached hydrogen (secondary N) is 2. The fourth-order valence-electron chi connectivity index (χ4n) is 2.72. The molecular formula is C17H24N3O5S+. The fraction of sp³-hybridized carbons (Fsp3) is 0.412. The molecule has 1 atom stereocenters. The maximum atomic E-state index is 12.4. The lowest BCUT2D eigenvalue weighted by Crippen LogP contribution is -3.19. The Hall–Kier alpha value is -2.23. The summed E-state index contributed by atoms with van der Waals surface area (Å²) in [4.78, 5) is 24.0. The van der Waals surface area contributed by atoms with Gasteiger partial charge in [0, 0.05) is 5.41 Å². The predicted molar refractivity (Wildman–Crippen MR) is 96.7 cm³/mol. The van der Waals surface area contributed by atoms with Crippen LogP contribution in [-0.2, 0) is 19.6 Å². The van der Waals surface area contributed by atoms with Crippen molar-refractivity contribution < 1.29 is 27.6 Å². The van der Waals surface area contributed by atoms with Crippen molar-refractivity contribution >= 4 is 28.1 Å². The molecule has 1 saturated heterocycles. The summed E-state index contributed by atoms with van der Waals surface area (Å²) in [5.41, 5.74) is 0.813. The van der Waals surface area contributed by atoms with E-state index in [4.69, 9.17) is 0 Å². The quantitative estimate of drug-likeness (QED) is 0.713. The first kappa shape index (κ1) is 20.1. The molecule has 1 aromatic carbocycles. The zero-order valence-electron chi connectivity index (χ0n) is 14.8. The Morgan fingerprint density at radius 3 is 2.42 bits per heavy atom. The van der Waals surface area contributed by atoms with Crippen molar-refractivity contribution in [3.05, 3.63) is 41.3 Å². The summed E-state index contributed by atoms with van der Waals surface area (Å²) in [6.45, 7) is 3.29. The van der Waals surface area contributed by atoms with Gasteiger partial charge in [0.15, 0.2) is 6.04 Å². The second-order valence-corrected chi connectivity index (χ2v) is 7.84. The molecule has 142 valence electrons. The van der Waals surface area contributed by atoms with Gasteiger partial charge in [0.2, 0.25) is 10.0 Å². The van der Waals surface area contributed by atoms with Crippen molar-refractivity contribution in [1.29, 1.82) is 0 Å². The lowest BCUT2D eigenvalue weighted by atomic mass is 10.2. The molecule has 0 radical (unpaired) electrons. The molecule has 1 heterocycles. The van der Waals surface area contributed by atoms with Crippen LogP contribution in [0.2, 0.25) is 0 Å². The minimum absolute atomic E-state index is 0.312. The molecular weight excluding hydrogens is 358 g/mol. The third-order valence-corrected chi connectivity index (χ3v) is 5.94. The van der Waals surface area contributed by atoms with Gasteiger partial charge >= 0.3 is 6.09 Å². The highest BCUT2D eigenvalue weighted by atomic mass is 32.2. The number of carbonyl (C=O) groups is 2. The first-order valence-corrected chi connectivity index (χ1v) is 9.80. The Morgan fingerprint density at radius 2 is 1.85 bits per heavy atom. The second-order valence-electron chi connectivity index (χ2n) is 6.02. The maximum absolute atomic E-state index is 12.4. The number of imide groups is 1. The van der Waals surface area contributed by atoms with E-state index in [2.05, 4.69) is 10.1 Å². The zero-order valence-corrected chi connectivity index (χ0v) is 15.7. The first-order chi connectivity index (χ1) is 12.3. The number of hydrogen-bond acceptors (Lipinski definition) is 5. The molecule has 1 aromatic rings. The summed E-state index contributed by atoms with van der Waals surface area (Å²) in [5, 5.41) is 3.35. The van der Waals surface area contributed by atoms with Crippen LogP contribution in [-0.4, -0.2) is 64.1 Å². The summed E-state index contributed by atoms with van der Waals surface area (Å²) >= 11 is 0. The number of rotatable bonds is 5. The van der Waals surface area contributed by atoms with E-state index in [0.717, 1.165) is 10.5 Å². The zero-order chi connectivity index (χ0) is 19.2. The van der Waals surface area contributed by atoms with Gasteiger partial charge in [-0.3, -0.25) is 10.1 Å². The van der Waals surface area contributed by atoms with Gasteiger partial charge in [0.1, 0.15) is 0 Å². The van der Waals surface area contributed by atoms with Gasteiger partial charge in [-0.05, 0) is 18.6 Å². The Bertz CT molecular complexity index is 756.